The maximum absolute atomic E-state index is 13.9. The zero-order valence-corrected chi connectivity index (χ0v) is 11.5. The molecule has 0 fully saturated rings. The van der Waals surface area contributed by atoms with Gasteiger partial charge >= 0.3 is 0 Å². The number of halogens is 2. The standard InChI is InChI=1S/C13H15ClFN3O/c1-3-10(16-4-2)13-18-17-12(19-13)8-6-5-7-9(14)11(8)15/h5-7,10,16H,3-4H2,1-2H3. The lowest BCUT2D eigenvalue weighted by Crippen LogP contribution is -2.20. The smallest absolute Gasteiger partial charge is 0.250 e. The first-order chi connectivity index (χ1) is 9.17. The van der Waals surface area contributed by atoms with E-state index in [1.807, 2.05) is 13.8 Å². The van der Waals surface area contributed by atoms with Crippen LogP contribution in [-0.4, -0.2) is 16.7 Å². The Hall–Kier alpha value is -1.46. The topological polar surface area (TPSA) is 51.0 Å². The zero-order valence-electron chi connectivity index (χ0n) is 10.8. The zero-order chi connectivity index (χ0) is 13.8. The van der Waals surface area contributed by atoms with Crippen molar-refractivity contribution in [3.8, 4) is 11.5 Å². The number of nitrogens with zero attached hydrogens (tertiary/aromatic N) is 2. The lowest BCUT2D eigenvalue weighted by molar-refractivity contribution is 0.401. The monoisotopic (exact) mass is 283 g/mol. The van der Waals surface area contributed by atoms with Crippen LogP contribution in [0.5, 0.6) is 0 Å². The quantitative estimate of drug-likeness (QED) is 0.911. The SMILES string of the molecule is CCNC(CC)c1nnc(-c2cccc(Cl)c2F)o1. The van der Waals surface area contributed by atoms with Crippen LogP contribution in [0.1, 0.15) is 32.2 Å². The fourth-order valence-electron chi connectivity index (χ4n) is 1.81. The predicted molar refractivity (Wildman–Crippen MR) is 71.4 cm³/mol. The Balaban J connectivity index is 2.32. The maximum atomic E-state index is 13.9. The van der Waals surface area contributed by atoms with Crippen molar-refractivity contribution in [1.29, 1.82) is 0 Å². The van der Waals surface area contributed by atoms with Gasteiger partial charge in [0.05, 0.1) is 16.6 Å². The summed E-state index contributed by atoms with van der Waals surface area (Å²) < 4.78 is 19.4. The molecule has 0 aliphatic carbocycles. The van der Waals surface area contributed by atoms with E-state index in [2.05, 4.69) is 15.5 Å². The molecule has 1 unspecified atom stereocenters. The highest BCUT2D eigenvalue weighted by atomic mass is 35.5. The van der Waals surface area contributed by atoms with Gasteiger partial charge in [-0.15, -0.1) is 10.2 Å². The van der Waals surface area contributed by atoms with Gasteiger partial charge in [-0.1, -0.05) is 31.5 Å². The van der Waals surface area contributed by atoms with E-state index in [-0.39, 0.29) is 22.5 Å². The summed E-state index contributed by atoms with van der Waals surface area (Å²) in [5.41, 5.74) is 0.220. The van der Waals surface area contributed by atoms with Gasteiger partial charge in [-0.3, -0.25) is 0 Å². The second-order valence-corrected chi connectivity index (χ2v) is 4.47. The summed E-state index contributed by atoms with van der Waals surface area (Å²) in [7, 11) is 0. The number of nitrogens with one attached hydrogen (secondary N) is 1. The third kappa shape index (κ3) is 2.93. The summed E-state index contributed by atoms with van der Waals surface area (Å²) in [6.45, 7) is 4.80. The van der Waals surface area contributed by atoms with Gasteiger partial charge in [0, 0.05) is 0 Å². The highest BCUT2D eigenvalue weighted by Crippen LogP contribution is 2.28. The van der Waals surface area contributed by atoms with Gasteiger partial charge in [-0.2, -0.15) is 0 Å². The minimum atomic E-state index is -0.545. The van der Waals surface area contributed by atoms with Crippen molar-refractivity contribution in [3.05, 3.63) is 34.9 Å². The molecule has 6 heteroatoms. The second kappa shape index (κ2) is 6.12. The van der Waals surface area contributed by atoms with Crippen LogP contribution in [0.2, 0.25) is 5.02 Å². The van der Waals surface area contributed by atoms with Gasteiger partial charge in [0.25, 0.3) is 5.89 Å². The van der Waals surface area contributed by atoms with Crippen LogP contribution in [-0.2, 0) is 0 Å². The van der Waals surface area contributed by atoms with Gasteiger partial charge in [-0.25, -0.2) is 4.39 Å². The van der Waals surface area contributed by atoms with Crippen molar-refractivity contribution < 1.29 is 8.81 Å². The van der Waals surface area contributed by atoms with Gasteiger partial charge in [0.15, 0.2) is 5.82 Å². The Morgan fingerprint density at radius 1 is 1.37 bits per heavy atom. The number of hydrogen-bond donors (Lipinski definition) is 1. The molecule has 19 heavy (non-hydrogen) atoms. The Labute approximate surface area is 116 Å². The molecule has 1 N–H and O–H groups in total. The molecule has 102 valence electrons. The van der Waals surface area contributed by atoms with E-state index >= 15 is 0 Å². The van der Waals surface area contributed by atoms with E-state index in [4.69, 9.17) is 16.0 Å². The molecule has 0 bridgehead atoms. The lowest BCUT2D eigenvalue weighted by Gasteiger charge is -2.10. The van der Waals surface area contributed by atoms with Crippen LogP contribution in [0.25, 0.3) is 11.5 Å². The maximum Gasteiger partial charge on any atom is 0.250 e. The first-order valence-corrected chi connectivity index (χ1v) is 6.56. The van der Waals surface area contributed by atoms with Gasteiger partial charge in [-0.05, 0) is 25.1 Å². The molecule has 1 heterocycles. The Morgan fingerprint density at radius 3 is 2.84 bits per heavy atom. The summed E-state index contributed by atoms with van der Waals surface area (Å²) in [6.07, 6.45) is 0.813. The molecule has 0 aliphatic rings. The van der Waals surface area contributed by atoms with E-state index in [9.17, 15) is 4.39 Å². The fourth-order valence-corrected chi connectivity index (χ4v) is 1.98. The first kappa shape index (κ1) is 14.0. The molecule has 0 saturated heterocycles. The highest BCUT2D eigenvalue weighted by molar-refractivity contribution is 6.31. The van der Waals surface area contributed by atoms with Crippen molar-refractivity contribution >= 4 is 11.6 Å². The van der Waals surface area contributed by atoms with E-state index in [1.165, 1.54) is 6.07 Å². The summed E-state index contributed by atoms with van der Waals surface area (Å²) in [5.74, 6) is 0.0564. The molecule has 4 nitrogen and oxygen atoms in total. The molecular formula is C13H15ClFN3O. The molecule has 1 aromatic heterocycles. The van der Waals surface area contributed by atoms with Gasteiger partial charge < -0.3 is 9.73 Å². The van der Waals surface area contributed by atoms with Gasteiger partial charge in [0.1, 0.15) is 0 Å². The summed E-state index contributed by atoms with van der Waals surface area (Å²) in [6, 6.07) is 4.66. The van der Waals surface area contributed by atoms with Crippen molar-refractivity contribution in [2.45, 2.75) is 26.3 Å². The largest absolute Gasteiger partial charge is 0.419 e. The lowest BCUT2D eigenvalue weighted by atomic mass is 10.2. The molecule has 0 amide bonds. The number of aromatic nitrogens is 2. The van der Waals surface area contributed by atoms with Crippen LogP contribution in [0.3, 0.4) is 0 Å². The van der Waals surface area contributed by atoms with Gasteiger partial charge in [0.2, 0.25) is 5.89 Å². The minimum absolute atomic E-state index is 0.0199. The highest BCUT2D eigenvalue weighted by Gasteiger charge is 2.19. The van der Waals surface area contributed by atoms with Crippen molar-refractivity contribution in [2.75, 3.05) is 6.54 Å². The van der Waals surface area contributed by atoms with E-state index in [1.54, 1.807) is 12.1 Å². The Bertz CT molecular complexity index is 559. The van der Waals surface area contributed by atoms with E-state index < -0.39 is 5.82 Å². The predicted octanol–water partition coefficient (Wildman–Crippen LogP) is 3.59. The average Bonchev–Trinajstić information content (AvgIpc) is 2.88. The van der Waals surface area contributed by atoms with Crippen molar-refractivity contribution in [3.63, 3.8) is 0 Å². The molecule has 0 saturated carbocycles. The Morgan fingerprint density at radius 2 is 2.16 bits per heavy atom. The summed E-state index contributed by atoms with van der Waals surface area (Å²) in [5, 5.41) is 11.1. The Kier molecular flexibility index (Phi) is 4.50. The van der Waals surface area contributed by atoms with Crippen LogP contribution in [0.15, 0.2) is 22.6 Å². The molecule has 0 radical (unpaired) electrons. The normalized spacial score (nSPS) is 12.6. The molecule has 0 aliphatic heterocycles. The third-order valence-electron chi connectivity index (χ3n) is 2.78. The third-order valence-corrected chi connectivity index (χ3v) is 3.07. The molecule has 2 rings (SSSR count). The number of hydrogen-bond acceptors (Lipinski definition) is 4. The van der Waals surface area contributed by atoms with Crippen molar-refractivity contribution in [2.24, 2.45) is 0 Å². The molecule has 2 aromatic rings. The minimum Gasteiger partial charge on any atom is -0.419 e. The first-order valence-electron chi connectivity index (χ1n) is 6.18. The summed E-state index contributed by atoms with van der Waals surface area (Å²) >= 11 is 5.73. The van der Waals surface area contributed by atoms with Crippen LogP contribution in [0, 0.1) is 5.82 Å². The summed E-state index contributed by atoms with van der Waals surface area (Å²) in [4.78, 5) is 0. The van der Waals surface area contributed by atoms with Crippen LogP contribution >= 0.6 is 11.6 Å². The molecule has 1 atom stereocenters. The van der Waals surface area contributed by atoms with Crippen LogP contribution in [0.4, 0.5) is 4.39 Å². The van der Waals surface area contributed by atoms with E-state index in [0.717, 1.165) is 13.0 Å². The molecule has 0 spiro atoms. The van der Waals surface area contributed by atoms with Crippen LogP contribution < -0.4 is 5.32 Å². The molecular weight excluding hydrogens is 269 g/mol. The van der Waals surface area contributed by atoms with E-state index in [0.29, 0.717) is 5.89 Å². The number of benzene rings is 1. The average molecular weight is 284 g/mol. The number of rotatable bonds is 5. The fraction of sp³-hybridized carbons (Fsp3) is 0.385. The van der Waals surface area contributed by atoms with Crippen molar-refractivity contribution in [1.82, 2.24) is 15.5 Å². The second-order valence-electron chi connectivity index (χ2n) is 4.07. The molecule has 1 aromatic carbocycles.